The van der Waals surface area contributed by atoms with Crippen LogP contribution in [0.4, 0.5) is 5.69 Å². The van der Waals surface area contributed by atoms with Crippen LogP contribution in [0.25, 0.3) is 0 Å². The Morgan fingerprint density at radius 2 is 2.25 bits per heavy atom. The average molecular weight is 232 g/mol. The van der Waals surface area contributed by atoms with Gasteiger partial charge in [-0.2, -0.15) is 5.26 Å². The summed E-state index contributed by atoms with van der Waals surface area (Å²) in [6.07, 6.45) is 0.253. The van der Waals surface area contributed by atoms with E-state index in [0.717, 1.165) is 21.7 Å². The van der Waals surface area contributed by atoms with E-state index >= 15 is 0 Å². The van der Waals surface area contributed by atoms with Crippen LogP contribution in [0.15, 0.2) is 17.0 Å². The lowest BCUT2D eigenvalue weighted by Gasteiger charge is -2.24. The Hall–Kier alpha value is -1.47. The largest absolute Gasteiger partial charge is 0.324 e. The number of nitrogens with zero attached hydrogens (tertiary/aromatic N) is 1. The van der Waals surface area contributed by atoms with Crippen LogP contribution in [0.3, 0.4) is 0 Å². The lowest BCUT2D eigenvalue weighted by Crippen LogP contribution is -2.29. The number of fused-ring (bicyclic) bond motifs is 1. The summed E-state index contributed by atoms with van der Waals surface area (Å²) in [6, 6.07) is 6.11. The Labute approximate surface area is 98.8 Å². The van der Waals surface area contributed by atoms with Gasteiger partial charge in [-0.1, -0.05) is 6.07 Å². The molecule has 1 aliphatic heterocycles. The van der Waals surface area contributed by atoms with Crippen molar-refractivity contribution in [3.8, 4) is 6.07 Å². The van der Waals surface area contributed by atoms with Gasteiger partial charge in [-0.3, -0.25) is 4.79 Å². The van der Waals surface area contributed by atoms with Crippen molar-refractivity contribution in [3.05, 3.63) is 23.3 Å². The van der Waals surface area contributed by atoms with Gasteiger partial charge in [0.1, 0.15) is 5.25 Å². The molecule has 2 rings (SSSR count). The number of hydrogen-bond acceptors (Lipinski definition) is 3. The third-order valence-corrected chi connectivity index (χ3v) is 3.95. The van der Waals surface area contributed by atoms with Crippen LogP contribution in [0.1, 0.15) is 17.5 Å². The van der Waals surface area contributed by atoms with Gasteiger partial charge in [0.05, 0.1) is 18.2 Å². The van der Waals surface area contributed by atoms with Gasteiger partial charge in [-0.25, -0.2) is 0 Å². The Morgan fingerprint density at radius 1 is 1.50 bits per heavy atom. The molecule has 1 aromatic rings. The zero-order valence-electron chi connectivity index (χ0n) is 9.20. The number of aryl methyl sites for hydroxylation is 2. The van der Waals surface area contributed by atoms with E-state index in [2.05, 4.69) is 11.4 Å². The molecule has 0 radical (unpaired) electrons. The van der Waals surface area contributed by atoms with Crippen LogP contribution in [0, 0.1) is 25.2 Å². The first-order valence-electron chi connectivity index (χ1n) is 5.07. The fraction of sp³-hybridized carbons (Fsp3) is 0.333. The lowest BCUT2D eigenvalue weighted by atomic mass is 10.1. The van der Waals surface area contributed by atoms with Gasteiger partial charge in [-0.15, -0.1) is 11.8 Å². The number of nitriles is 1. The van der Waals surface area contributed by atoms with Crippen molar-refractivity contribution in [1.29, 1.82) is 5.26 Å². The summed E-state index contributed by atoms with van der Waals surface area (Å²) in [5, 5.41) is 11.2. The van der Waals surface area contributed by atoms with Gasteiger partial charge in [0, 0.05) is 4.90 Å². The molecule has 0 aromatic heterocycles. The molecule has 1 heterocycles. The zero-order valence-corrected chi connectivity index (χ0v) is 10.0. The Morgan fingerprint density at radius 3 is 2.94 bits per heavy atom. The molecule has 0 fully saturated rings. The second-order valence-electron chi connectivity index (χ2n) is 3.92. The quantitative estimate of drug-likeness (QED) is 0.809. The topological polar surface area (TPSA) is 52.9 Å². The molecule has 1 unspecified atom stereocenters. The fourth-order valence-corrected chi connectivity index (χ4v) is 2.92. The number of carbonyl (C=O) groups is 1. The molecular weight excluding hydrogens is 220 g/mol. The van der Waals surface area contributed by atoms with Crippen molar-refractivity contribution >= 4 is 23.4 Å². The van der Waals surface area contributed by atoms with Crippen molar-refractivity contribution in [1.82, 2.24) is 0 Å². The van der Waals surface area contributed by atoms with Crippen LogP contribution in [-0.2, 0) is 4.79 Å². The van der Waals surface area contributed by atoms with E-state index in [4.69, 9.17) is 5.26 Å². The van der Waals surface area contributed by atoms with Crippen LogP contribution >= 0.6 is 11.8 Å². The monoisotopic (exact) mass is 232 g/mol. The Balaban J connectivity index is 2.40. The summed E-state index contributed by atoms with van der Waals surface area (Å²) >= 11 is 1.49. The molecule has 4 heteroatoms. The highest BCUT2D eigenvalue weighted by Gasteiger charge is 2.27. The number of nitrogens with one attached hydrogen (secondary N) is 1. The van der Waals surface area contributed by atoms with Gasteiger partial charge in [0.25, 0.3) is 0 Å². The van der Waals surface area contributed by atoms with Crippen molar-refractivity contribution in [2.45, 2.75) is 30.4 Å². The SMILES string of the molecule is Cc1cc(C)c2c(c1)NC(=O)C(CC#N)S2. The molecule has 82 valence electrons. The molecule has 1 atom stereocenters. The molecule has 0 saturated carbocycles. The molecule has 16 heavy (non-hydrogen) atoms. The van der Waals surface area contributed by atoms with Gasteiger partial charge < -0.3 is 5.32 Å². The van der Waals surface area contributed by atoms with Crippen LogP contribution in [0.2, 0.25) is 0 Å². The summed E-state index contributed by atoms with van der Waals surface area (Å²) in [5.41, 5.74) is 3.17. The first kappa shape index (κ1) is 11.0. The van der Waals surface area contributed by atoms with Gasteiger partial charge in [-0.05, 0) is 31.0 Å². The third kappa shape index (κ3) is 1.91. The minimum absolute atomic E-state index is 0.0657. The Kier molecular flexibility index (Phi) is 2.88. The number of hydrogen-bond donors (Lipinski definition) is 1. The number of carbonyl (C=O) groups excluding carboxylic acids is 1. The van der Waals surface area contributed by atoms with E-state index in [1.807, 2.05) is 26.0 Å². The molecular formula is C12H12N2OS. The number of rotatable bonds is 1. The highest BCUT2D eigenvalue weighted by atomic mass is 32.2. The van der Waals surface area contributed by atoms with E-state index in [9.17, 15) is 4.79 Å². The molecule has 1 amide bonds. The first-order chi connectivity index (χ1) is 7.61. The number of thioether (sulfide) groups is 1. The molecule has 0 spiro atoms. The number of anilines is 1. The smallest absolute Gasteiger partial charge is 0.238 e. The second kappa shape index (κ2) is 4.18. The molecule has 1 aromatic carbocycles. The maximum Gasteiger partial charge on any atom is 0.238 e. The van der Waals surface area contributed by atoms with Crippen LogP contribution in [0.5, 0.6) is 0 Å². The van der Waals surface area contributed by atoms with E-state index in [-0.39, 0.29) is 17.6 Å². The lowest BCUT2D eigenvalue weighted by molar-refractivity contribution is -0.115. The van der Waals surface area contributed by atoms with E-state index in [0.29, 0.717) is 0 Å². The molecule has 0 saturated heterocycles. The Bertz CT molecular complexity index is 491. The first-order valence-corrected chi connectivity index (χ1v) is 5.95. The van der Waals surface area contributed by atoms with Gasteiger partial charge in [0.2, 0.25) is 5.91 Å². The molecule has 0 aliphatic carbocycles. The highest BCUT2D eigenvalue weighted by Crippen LogP contribution is 2.39. The fourth-order valence-electron chi connectivity index (χ4n) is 1.83. The van der Waals surface area contributed by atoms with Crippen LogP contribution < -0.4 is 5.32 Å². The molecule has 0 bridgehead atoms. The van der Waals surface area contributed by atoms with Gasteiger partial charge in [0.15, 0.2) is 0 Å². The average Bonchev–Trinajstić information content (AvgIpc) is 2.20. The maximum atomic E-state index is 11.7. The summed E-state index contributed by atoms with van der Waals surface area (Å²) in [4.78, 5) is 12.8. The molecule has 1 aliphatic rings. The van der Waals surface area contributed by atoms with Crippen molar-refractivity contribution in [2.75, 3.05) is 5.32 Å². The molecule has 1 N–H and O–H groups in total. The van der Waals surface area contributed by atoms with E-state index < -0.39 is 0 Å². The summed E-state index contributed by atoms with van der Waals surface area (Å²) in [7, 11) is 0. The van der Waals surface area contributed by atoms with Gasteiger partial charge >= 0.3 is 0 Å². The summed E-state index contributed by atoms with van der Waals surface area (Å²) < 4.78 is 0. The summed E-state index contributed by atoms with van der Waals surface area (Å²) in [5.74, 6) is -0.0657. The van der Waals surface area contributed by atoms with Crippen LogP contribution in [-0.4, -0.2) is 11.2 Å². The normalized spacial score (nSPS) is 18.6. The van der Waals surface area contributed by atoms with Crippen molar-refractivity contribution in [2.24, 2.45) is 0 Å². The maximum absolute atomic E-state index is 11.7. The zero-order chi connectivity index (χ0) is 11.7. The predicted molar refractivity (Wildman–Crippen MR) is 64.4 cm³/mol. The van der Waals surface area contributed by atoms with E-state index in [1.54, 1.807) is 0 Å². The summed E-state index contributed by atoms with van der Waals surface area (Å²) in [6.45, 7) is 4.03. The van der Waals surface area contributed by atoms with Crippen molar-refractivity contribution in [3.63, 3.8) is 0 Å². The minimum Gasteiger partial charge on any atom is -0.324 e. The second-order valence-corrected chi connectivity index (χ2v) is 5.13. The van der Waals surface area contributed by atoms with E-state index in [1.165, 1.54) is 11.8 Å². The highest BCUT2D eigenvalue weighted by molar-refractivity contribution is 8.01. The van der Waals surface area contributed by atoms with Crippen molar-refractivity contribution < 1.29 is 4.79 Å². The number of amides is 1. The minimum atomic E-state index is -0.279. The number of benzene rings is 1. The third-order valence-electron chi connectivity index (χ3n) is 2.51. The molecule has 3 nitrogen and oxygen atoms in total. The predicted octanol–water partition coefficient (Wildman–Crippen LogP) is 2.63. The standard InChI is InChI=1S/C12H12N2OS/c1-7-5-8(2)11-9(6-7)14-12(15)10(16-11)3-4-13/h5-6,10H,3H2,1-2H3,(H,14,15).